The zero-order valence-electron chi connectivity index (χ0n) is 5.44. The normalized spacial score (nSPS) is 10.6. The Hall–Kier alpha value is -1.30. The van der Waals surface area contributed by atoms with E-state index >= 15 is 0 Å². The van der Waals surface area contributed by atoms with Gasteiger partial charge >= 0.3 is 0 Å². The molecule has 0 aliphatic carbocycles. The highest BCUT2D eigenvalue weighted by Crippen LogP contribution is 2.02. The van der Waals surface area contributed by atoms with Crippen LogP contribution < -0.4 is 5.49 Å². The number of nitrogens with zero attached hydrogens (tertiary/aromatic N) is 3. The Kier molecular flexibility index (Phi) is 1.22. The van der Waals surface area contributed by atoms with E-state index in [-0.39, 0.29) is 5.49 Å². The summed E-state index contributed by atoms with van der Waals surface area (Å²) in [5.41, 5.74) is 1.40. The summed E-state index contributed by atoms with van der Waals surface area (Å²) in [4.78, 5) is 10.5. The van der Waals surface area contributed by atoms with Gasteiger partial charge in [0.05, 0.1) is 6.33 Å². The minimum atomic E-state index is 0.183. The van der Waals surface area contributed by atoms with Gasteiger partial charge in [-0.25, -0.2) is 9.97 Å². The van der Waals surface area contributed by atoms with Crippen LogP contribution in [0.1, 0.15) is 0 Å². The second-order valence-corrected chi connectivity index (χ2v) is 2.47. The first-order valence-corrected chi connectivity index (χ1v) is 3.33. The Bertz CT molecular complexity index is 441. The van der Waals surface area contributed by atoms with Crippen LogP contribution in [-0.4, -0.2) is 18.9 Å². The van der Waals surface area contributed by atoms with E-state index in [0.717, 1.165) is 0 Å². The third-order valence-electron chi connectivity index (χ3n) is 1.37. The van der Waals surface area contributed by atoms with E-state index in [2.05, 4.69) is 27.8 Å². The Labute approximate surface area is 67.2 Å². The summed E-state index contributed by atoms with van der Waals surface area (Å²) < 4.78 is 1.46. The average molecular weight is 167 g/mol. The van der Waals surface area contributed by atoms with Crippen molar-refractivity contribution in [2.45, 2.75) is 0 Å². The molecular formula is C5H5N5S. The average Bonchev–Trinajstić information content (AvgIpc) is 2.45. The van der Waals surface area contributed by atoms with Gasteiger partial charge in [-0.05, 0) is 0 Å². The summed E-state index contributed by atoms with van der Waals surface area (Å²) in [6, 6.07) is 0. The minimum absolute atomic E-state index is 0.183. The number of nitrogens with one attached hydrogen (secondary N) is 2. The molecule has 0 radical (unpaired) electrons. The van der Waals surface area contributed by atoms with Crippen LogP contribution in [0, 0.1) is 5.41 Å². The molecule has 11 heavy (non-hydrogen) atoms. The lowest BCUT2D eigenvalue weighted by molar-refractivity contribution is 1.05. The molecule has 0 aromatic carbocycles. The van der Waals surface area contributed by atoms with Gasteiger partial charge in [-0.15, -0.1) is 0 Å². The maximum atomic E-state index is 7.35. The van der Waals surface area contributed by atoms with Crippen LogP contribution in [-0.2, 0) is 0 Å². The van der Waals surface area contributed by atoms with Crippen molar-refractivity contribution in [2.75, 3.05) is 0 Å². The molecule has 0 spiro atoms. The first-order valence-electron chi connectivity index (χ1n) is 2.93. The lowest BCUT2D eigenvalue weighted by Gasteiger charge is -1.94. The summed E-state index contributed by atoms with van der Waals surface area (Å²) in [7, 11) is 0. The van der Waals surface area contributed by atoms with E-state index in [0.29, 0.717) is 11.2 Å². The quantitative estimate of drug-likeness (QED) is 0.481. The summed E-state index contributed by atoms with van der Waals surface area (Å²) in [5, 5.41) is 7.35. The number of thiol groups is 1. The molecule has 0 bridgehead atoms. The molecule has 0 amide bonds. The van der Waals surface area contributed by atoms with Crippen LogP contribution in [0.4, 0.5) is 0 Å². The molecule has 0 atom stereocenters. The van der Waals surface area contributed by atoms with Crippen molar-refractivity contribution in [2.24, 2.45) is 0 Å². The summed E-state index contributed by atoms with van der Waals surface area (Å²) in [5.74, 6) is 0. The fourth-order valence-corrected chi connectivity index (χ4v) is 1.07. The molecule has 56 valence electrons. The highest BCUT2D eigenvalue weighted by atomic mass is 32.1. The first-order chi connectivity index (χ1) is 5.29. The number of hydrogen-bond acceptors (Lipinski definition) is 4. The van der Waals surface area contributed by atoms with E-state index < -0.39 is 0 Å². The molecule has 0 aliphatic rings. The number of rotatable bonds is 0. The molecule has 0 saturated carbocycles. The van der Waals surface area contributed by atoms with Gasteiger partial charge in [0.1, 0.15) is 11.8 Å². The molecule has 2 heterocycles. The molecule has 0 saturated heterocycles. The lowest BCUT2D eigenvalue weighted by Crippen LogP contribution is -2.08. The Morgan fingerprint density at radius 1 is 1.55 bits per heavy atom. The van der Waals surface area contributed by atoms with E-state index in [9.17, 15) is 0 Å². The standard InChI is InChI=1S/C5H5N5S/c6-4-3-5(8-1-7-3)10(11)2-9-4/h1-2,6,11H,(H,7,8). The fourth-order valence-electron chi connectivity index (χ4n) is 0.867. The largest absolute Gasteiger partial charge is 0.340 e. The second-order valence-electron chi connectivity index (χ2n) is 2.04. The van der Waals surface area contributed by atoms with Crippen molar-refractivity contribution in [3.8, 4) is 0 Å². The summed E-state index contributed by atoms with van der Waals surface area (Å²) in [6.45, 7) is 0. The predicted molar refractivity (Wildman–Crippen MR) is 42.1 cm³/mol. The van der Waals surface area contributed by atoms with Gasteiger partial charge in [-0.3, -0.25) is 9.38 Å². The molecule has 5 nitrogen and oxygen atoms in total. The Morgan fingerprint density at radius 2 is 2.36 bits per heavy atom. The maximum absolute atomic E-state index is 7.35. The number of aromatic amines is 1. The maximum Gasteiger partial charge on any atom is 0.173 e. The Morgan fingerprint density at radius 3 is 3.09 bits per heavy atom. The molecule has 6 heteroatoms. The molecular weight excluding hydrogens is 162 g/mol. The second kappa shape index (κ2) is 2.09. The molecule has 0 aliphatic heterocycles. The van der Waals surface area contributed by atoms with E-state index in [4.69, 9.17) is 5.41 Å². The SMILES string of the molecule is N=c1ncn(S)c2nc[nH]c12. The van der Waals surface area contributed by atoms with E-state index in [1.807, 2.05) is 0 Å². The molecule has 0 fully saturated rings. The van der Waals surface area contributed by atoms with Crippen molar-refractivity contribution >= 4 is 24.0 Å². The van der Waals surface area contributed by atoms with Crippen LogP contribution in [0.3, 0.4) is 0 Å². The van der Waals surface area contributed by atoms with Crippen molar-refractivity contribution < 1.29 is 0 Å². The molecule has 2 N–H and O–H groups in total. The molecule has 0 unspecified atom stereocenters. The molecule has 2 aromatic rings. The first kappa shape index (κ1) is 6.41. The lowest BCUT2D eigenvalue weighted by atomic mass is 10.5. The van der Waals surface area contributed by atoms with Crippen molar-refractivity contribution in [3.05, 3.63) is 18.1 Å². The number of fused-ring (bicyclic) bond motifs is 1. The zero-order valence-corrected chi connectivity index (χ0v) is 6.34. The topological polar surface area (TPSA) is 70.3 Å². The number of imidazole rings is 1. The number of hydrogen-bond donors (Lipinski definition) is 3. The number of aromatic nitrogens is 4. The molecule has 2 rings (SSSR count). The van der Waals surface area contributed by atoms with Crippen molar-refractivity contribution in [1.82, 2.24) is 18.9 Å². The predicted octanol–water partition coefficient (Wildman–Crippen LogP) is -0.0682. The van der Waals surface area contributed by atoms with E-state index in [1.54, 1.807) is 0 Å². The van der Waals surface area contributed by atoms with Gasteiger partial charge in [-0.2, -0.15) is 0 Å². The van der Waals surface area contributed by atoms with Crippen LogP contribution in [0.5, 0.6) is 0 Å². The van der Waals surface area contributed by atoms with Crippen molar-refractivity contribution in [1.29, 1.82) is 5.41 Å². The summed E-state index contributed by atoms with van der Waals surface area (Å²) >= 11 is 4.05. The van der Waals surface area contributed by atoms with Gasteiger partial charge in [-0.1, -0.05) is 12.8 Å². The van der Waals surface area contributed by atoms with Crippen LogP contribution in [0.25, 0.3) is 11.2 Å². The smallest absolute Gasteiger partial charge is 0.173 e. The van der Waals surface area contributed by atoms with Crippen LogP contribution >= 0.6 is 12.8 Å². The zero-order chi connectivity index (χ0) is 7.84. The van der Waals surface area contributed by atoms with Gasteiger partial charge in [0, 0.05) is 0 Å². The van der Waals surface area contributed by atoms with Crippen LogP contribution in [0.15, 0.2) is 12.7 Å². The van der Waals surface area contributed by atoms with Gasteiger partial charge in [0.2, 0.25) is 0 Å². The number of H-pyrrole nitrogens is 1. The third-order valence-corrected chi connectivity index (χ3v) is 1.66. The van der Waals surface area contributed by atoms with E-state index in [1.165, 1.54) is 16.6 Å². The summed E-state index contributed by atoms with van der Waals surface area (Å²) in [6.07, 6.45) is 2.95. The van der Waals surface area contributed by atoms with Crippen LogP contribution in [0.2, 0.25) is 0 Å². The monoisotopic (exact) mass is 167 g/mol. The highest BCUT2D eigenvalue weighted by Gasteiger charge is 1.99. The van der Waals surface area contributed by atoms with Gasteiger partial charge in [0.25, 0.3) is 0 Å². The fraction of sp³-hybridized carbons (Fsp3) is 0. The van der Waals surface area contributed by atoms with Gasteiger partial charge in [0.15, 0.2) is 11.1 Å². The Balaban J connectivity index is 3.08. The highest BCUT2D eigenvalue weighted by molar-refractivity contribution is 7.78. The van der Waals surface area contributed by atoms with Gasteiger partial charge < -0.3 is 4.98 Å². The molecule has 2 aromatic heterocycles. The minimum Gasteiger partial charge on any atom is -0.340 e. The van der Waals surface area contributed by atoms with Crippen molar-refractivity contribution in [3.63, 3.8) is 0 Å². The third kappa shape index (κ3) is 0.829.